The van der Waals surface area contributed by atoms with E-state index in [1.54, 1.807) is 0 Å². The van der Waals surface area contributed by atoms with Crippen molar-refractivity contribution in [2.75, 3.05) is 0 Å². The van der Waals surface area contributed by atoms with Gasteiger partial charge in [0.05, 0.1) is 0 Å². The fraction of sp³-hybridized carbons (Fsp3) is 0.556. The molecule has 2 aromatic rings. The fourth-order valence-corrected chi connectivity index (χ4v) is 1.41. The third-order valence-electron chi connectivity index (χ3n) is 2.27. The molecular formula is C9H12N2O2. The van der Waals surface area contributed by atoms with Crippen LogP contribution in [0.3, 0.4) is 0 Å². The summed E-state index contributed by atoms with van der Waals surface area (Å²) >= 11 is 0. The molecule has 0 spiro atoms. The smallest absolute Gasteiger partial charge is 0.288 e. The zero-order chi connectivity index (χ0) is 9.26. The molecule has 0 radical (unpaired) electrons. The topological polar surface area (TPSA) is 52.1 Å². The third kappa shape index (κ3) is 1.32. The van der Waals surface area contributed by atoms with Gasteiger partial charge in [0.15, 0.2) is 6.39 Å². The van der Waals surface area contributed by atoms with Crippen LogP contribution in [-0.2, 0) is 0 Å². The highest BCUT2D eigenvalue weighted by Crippen LogP contribution is 2.25. The first-order valence-corrected chi connectivity index (χ1v) is 4.55. The summed E-state index contributed by atoms with van der Waals surface area (Å²) in [4.78, 5) is 8.11. The van der Waals surface area contributed by atoms with E-state index in [1.165, 1.54) is 6.39 Å². The van der Waals surface area contributed by atoms with Crippen molar-refractivity contribution in [2.45, 2.75) is 32.6 Å². The lowest BCUT2D eigenvalue weighted by Gasteiger charge is -2.04. The second-order valence-electron chi connectivity index (χ2n) is 3.03. The molecule has 0 N–H and O–H groups in total. The van der Waals surface area contributed by atoms with Gasteiger partial charge in [0, 0.05) is 5.92 Å². The van der Waals surface area contributed by atoms with Crippen LogP contribution in [0, 0.1) is 0 Å². The first-order valence-electron chi connectivity index (χ1n) is 4.55. The van der Waals surface area contributed by atoms with Crippen molar-refractivity contribution in [1.29, 1.82) is 0 Å². The SMILES string of the molecule is CCC(CC)c1nc2ocnc2o1. The Morgan fingerprint density at radius 2 is 2.08 bits per heavy atom. The van der Waals surface area contributed by atoms with Gasteiger partial charge in [-0.2, -0.15) is 9.97 Å². The zero-order valence-electron chi connectivity index (χ0n) is 7.78. The summed E-state index contributed by atoms with van der Waals surface area (Å²) < 4.78 is 10.5. The zero-order valence-corrected chi connectivity index (χ0v) is 7.78. The molecule has 0 aliphatic heterocycles. The monoisotopic (exact) mass is 180 g/mol. The van der Waals surface area contributed by atoms with Crippen molar-refractivity contribution in [3.05, 3.63) is 12.3 Å². The molecule has 2 heterocycles. The average molecular weight is 180 g/mol. The number of aromatic nitrogens is 2. The molecule has 0 amide bonds. The third-order valence-corrected chi connectivity index (χ3v) is 2.27. The van der Waals surface area contributed by atoms with E-state index < -0.39 is 0 Å². The van der Waals surface area contributed by atoms with Crippen molar-refractivity contribution >= 4 is 11.4 Å². The van der Waals surface area contributed by atoms with Crippen LogP contribution < -0.4 is 0 Å². The molecule has 13 heavy (non-hydrogen) atoms. The molecule has 0 aliphatic rings. The summed E-state index contributed by atoms with van der Waals surface area (Å²) in [5, 5.41) is 0. The number of hydrogen-bond donors (Lipinski definition) is 0. The molecular weight excluding hydrogens is 168 g/mol. The van der Waals surface area contributed by atoms with Crippen LogP contribution in [0.4, 0.5) is 0 Å². The molecule has 0 saturated heterocycles. The van der Waals surface area contributed by atoms with Crippen LogP contribution in [0.1, 0.15) is 38.5 Å². The lowest BCUT2D eigenvalue weighted by Crippen LogP contribution is -1.94. The van der Waals surface area contributed by atoms with Crippen LogP contribution >= 0.6 is 0 Å². The predicted molar refractivity (Wildman–Crippen MR) is 47.4 cm³/mol. The Bertz CT molecular complexity index is 358. The van der Waals surface area contributed by atoms with Crippen molar-refractivity contribution in [3.8, 4) is 0 Å². The number of hydrogen-bond acceptors (Lipinski definition) is 4. The quantitative estimate of drug-likeness (QED) is 0.728. The van der Waals surface area contributed by atoms with E-state index in [2.05, 4.69) is 23.8 Å². The van der Waals surface area contributed by atoms with Crippen molar-refractivity contribution in [3.63, 3.8) is 0 Å². The summed E-state index contributed by atoms with van der Waals surface area (Å²) in [7, 11) is 0. The predicted octanol–water partition coefficient (Wildman–Crippen LogP) is 2.72. The molecule has 2 aromatic heterocycles. The van der Waals surface area contributed by atoms with E-state index >= 15 is 0 Å². The van der Waals surface area contributed by atoms with Crippen LogP contribution in [0.5, 0.6) is 0 Å². The van der Waals surface area contributed by atoms with Crippen LogP contribution in [0.2, 0.25) is 0 Å². The molecule has 0 aromatic carbocycles. The van der Waals surface area contributed by atoms with Gasteiger partial charge in [-0.1, -0.05) is 13.8 Å². The Balaban J connectivity index is 2.37. The number of fused-ring (bicyclic) bond motifs is 1. The van der Waals surface area contributed by atoms with Crippen LogP contribution in [-0.4, -0.2) is 9.97 Å². The maximum absolute atomic E-state index is 5.44. The van der Waals surface area contributed by atoms with Gasteiger partial charge < -0.3 is 8.83 Å². The van der Waals surface area contributed by atoms with E-state index in [0.29, 0.717) is 17.3 Å². The number of rotatable bonds is 3. The summed E-state index contributed by atoms with van der Waals surface area (Å²) in [5.41, 5.74) is 1.00. The number of nitrogens with zero attached hydrogens (tertiary/aromatic N) is 2. The normalized spacial score (nSPS) is 11.6. The molecule has 0 fully saturated rings. The van der Waals surface area contributed by atoms with Crippen molar-refractivity contribution < 1.29 is 8.83 Å². The number of oxazole rings is 2. The summed E-state index contributed by atoms with van der Waals surface area (Å²) in [5.74, 6) is 1.12. The Kier molecular flexibility index (Phi) is 2.04. The first-order chi connectivity index (χ1) is 6.35. The van der Waals surface area contributed by atoms with Crippen LogP contribution in [0.15, 0.2) is 15.2 Å². The van der Waals surface area contributed by atoms with Crippen molar-refractivity contribution in [1.82, 2.24) is 9.97 Å². The summed E-state index contributed by atoms with van der Waals surface area (Å²) in [6, 6.07) is 0. The van der Waals surface area contributed by atoms with E-state index in [1.807, 2.05) is 0 Å². The van der Waals surface area contributed by atoms with Gasteiger partial charge in [0.2, 0.25) is 5.89 Å². The minimum atomic E-state index is 0.379. The van der Waals surface area contributed by atoms with E-state index in [-0.39, 0.29) is 0 Å². The van der Waals surface area contributed by atoms with E-state index in [0.717, 1.165) is 18.7 Å². The van der Waals surface area contributed by atoms with Crippen LogP contribution in [0.25, 0.3) is 11.4 Å². The molecule has 0 bridgehead atoms. The van der Waals surface area contributed by atoms with Gasteiger partial charge in [0.25, 0.3) is 11.4 Å². The fourth-order valence-electron chi connectivity index (χ4n) is 1.41. The Morgan fingerprint density at radius 1 is 1.31 bits per heavy atom. The standard InChI is InChI=1S/C9H12N2O2/c1-3-6(4-2)7-11-9-8(13-7)10-5-12-9/h5-6H,3-4H2,1-2H3. The lowest BCUT2D eigenvalue weighted by atomic mass is 10.0. The minimum Gasteiger partial charge on any atom is -0.422 e. The molecule has 4 heteroatoms. The van der Waals surface area contributed by atoms with E-state index in [9.17, 15) is 0 Å². The maximum atomic E-state index is 5.44. The molecule has 70 valence electrons. The summed E-state index contributed by atoms with van der Waals surface area (Å²) in [6.07, 6.45) is 3.40. The van der Waals surface area contributed by atoms with E-state index in [4.69, 9.17) is 8.83 Å². The largest absolute Gasteiger partial charge is 0.422 e. The second kappa shape index (κ2) is 3.20. The molecule has 0 unspecified atom stereocenters. The van der Waals surface area contributed by atoms with Gasteiger partial charge in [-0.25, -0.2) is 0 Å². The minimum absolute atomic E-state index is 0.379. The molecule has 0 aliphatic carbocycles. The Morgan fingerprint density at radius 3 is 2.69 bits per heavy atom. The highest BCUT2D eigenvalue weighted by molar-refractivity contribution is 5.59. The summed E-state index contributed by atoms with van der Waals surface area (Å²) in [6.45, 7) is 4.24. The lowest BCUT2D eigenvalue weighted by molar-refractivity contribution is 0.446. The highest BCUT2D eigenvalue weighted by atomic mass is 16.4. The van der Waals surface area contributed by atoms with Gasteiger partial charge in [-0.05, 0) is 12.8 Å². The van der Waals surface area contributed by atoms with Gasteiger partial charge in [-0.3, -0.25) is 0 Å². The Hall–Kier alpha value is -1.32. The maximum Gasteiger partial charge on any atom is 0.288 e. The molecule has 4 nitrogen and oxygen atoms in total. The van der Waals surface area contributed by atoms with Crippen molar-refractivity contribution in [2.24, 2.45) is 0 Å². The van der Waals surface area contributed by atoms with Gasteiger partial charge in [0.1, 0.15) is 0 Å². The molecule has 0 atom stereocenters. The van der Waals surface area contributed by atoms with Gasteiger partial charge in [-0.15, -0.1) is 0 Å². The first kappa shape index (κ1) is 8.29. The molecule has 0 saturated carbocycles. The highest BCUT2D eigenvalue weighted by Gasteiger charge is 2.16. The Labute approximate surface area is 76.0 Å². The second-order valence-corrected chi connectivity index (χ2v) is 3.03. The molecule has 2 rings (SSSR count). The average Bonchev–Trinajstić information content (AvgIpc) is 2.65. The van der Waals surface area contributed by atoms with Gasteiger partial charge >= 0.3 is 0 Å².